The van der Waals surface area contributed by atoms with Crippen molar-refractivity contribution in [2.45, 2.75) is 15.8 Å². The second-order valence-electron chi connectivity index (χ2n) is 8.58. The summed E-state index contributed by atoms with van der Waals surface area (Å²) in [6.07, 6.45) is 1.36. The Hall–Kier alpha value is -3.30. The molecule has 1 N–H and O–H groups in total. The molecule has 0 bridgehead atoms. The van der Waals surface area contributed by atoms with Gasteiger partial charge in [-0.2, -0.15) is 13.7 Å². The van der Waals surface area contributed by atoms with Gasteiger partial charge in [0.25, 0.3) is 5.91 Å². The Kier molecular flexibility index (Phi) is 7.73. The molecule has 0 aliphatic carbocycles. The van der Waals surface area contributed by atoms with Crippen molar-refractivity contribution in [3.05, 3.63) is 82.8 Å². The van der Waals surface area contributed by atoms with E-state index in [2.05, 4.69) is 26.5 Å². The highest BCUT2D eigenvalue weighted by Gasteiger charge is 2.43. The van der Waals surface area contributed by atoms with Crippen LogP contribution in [0.3, 0.4) is 0 Å². The summed E-state index contributed by atoms with van der Waals surface area (Å²) in [6, 6.07) is 17.4. The van der Waals surface area contributed by atoms with E-state index < -0.39 is 38.5 Å². The summed E-state index contributed by atoms with van der Waals surface area (Å²) in [5.41, 5.74) is 2.95. The molecular formula is C25H23BrN4O7S2. The fourth-order valence-electron chi connectivity index (χ4n) is 4.20. The standard InChI is InChI=1S/C25H23BrN4O7S2/c26-21-14-24-23(36-17-37-24)13-18(21)15-27-28-25(31)22-16-29(38(32,33)19-7-3-1-4-8-19)11-12-30(22)39(34,35)20-9-5-2-6-10-20/h1-10,13-15,22H,11-12,16-17H2,(H,28,31)/b27-15-/t22-/m0/s1. The van der Waals surface area contributed by atoms with Crippen LogP contribution in [0, 0.1) is 0 Å². The predicted octanol–water partition coefficient (Wildman–Crippen LogP) is 2.39. The van der Waals surface area contributed by atoms with Crippen LogP contribution >= 0.6 is 15.9 Å². The Morgan fingerprint density at radius 1 is 0.897 bits per heavy atom. The molecule has 39 heavy (non-hydrogen) atoms. The number of carbonyl (C=O) groups excluding carboxylic acids is 1. The molecular weight excluding hydrogens is 612 g/mol. The molecule has 1 fully saturated rings. The first-order valence-corrected chi connectivity index (χ1v) is 15.4. The summed E-state index contributed by atoms with van der Waals surface area (Å²) in [5, 5.41) is 4.00. The van der Waals surface area contributed by atoms with Gasteiger partial charge in [-0.25, -0.2) is 22.3 Å². The zero-order valence-corrected chi connectivity index (χ0v) is 23.5. The van der Waals surface area contributed by atoms with E-state index in [-0.39, 0.29) is 29.7 Å². The number of sulfonamides is 2. The number of ether oxygens (including phenoxy) is 2. The highest BCUT2D eigenvalue weighted by molar-refractivity contribution is 9.10. The molecule has 5 rings (SSSR count). The van der Waals surface area contributed by atoms with Gasteiger partial charge in [0.15, 0.2) is 11.5 Å². The maximum Gasteiger partial charge on any atom is 0.259 e. The highest BCUT2D eigenvalue weighted by Crippen LogP contribution is 2.36. The second kappa shape index (κ2) is 11.1. The fraction of sp³-hybridized carbons (Fsp3) is 0.200. The van der Waals surface area contributed by atoms with Crippen LogP contribution in [-0.2, 0) is 24.8 Å². The molecule has 2 aliphatic heterocycles. The molecule has 3 aromatic carbocycles. The van der Waals surface area contributed by atoms with E-state index in [0.717, 1.165) is 8.61 Å². The normalized spacial score (nSPS) is 18.3. The molecule has 0 unspecified atom stereocenters. The molecule has 0 spiro atoms. The average molecular weight is 636 g/mol. The van der Waals surface area contributed by atoms with E-state index in [0.29, 0.717) is 21.5 Å². The quantitative estimate of drug-likeness (QED) is 0.311. The number of amides is 1. The molecule has 2 heterocycles. The number of benzene rings is 3. The number of nitrogens with one attached hydrogen (secondary N) is 1. The third kappa shape index (κ3) is 5.56. The molecule has 1 atom stereocenters. The Morgan fingerprint density at radius 2 is 1.49 bits per heavy atom. The number of rotatable bonds is 7. The summed E-state index contributed by atoms with van der Waals surface area (Å²) in [6.45, 7) is -0.646. The molecule has 14 heteroatoms. The lowest BCUT2D eigenvalue weighted by atomic mass is 10.2. The number of fused-ring (bicyclic) bond motifs is 1. The number of hydrazone groups is 1. The monoisotopic (exact) mass is 634 g/mol. The second-order valence-corrected chi connectivity index (χ2v) is 13.3. The molecule has 1 amide bonds. The summed E-state index contributed by atoms with van der Waals surface area (Å²) >= 11 is 3.41. The van der Waals surface area contributed by atoms with E-state index in [1.54, 1.807) is 48.5 Å². The van der Waals surface area contributed by atoms with E-state index in [1.807, 2.05) is 0 Å². The van der Waals surface area contributed by atoms with Gasteiger partial charge in [-0.15, -0.1) is 0 Å². The Balaban J connectivity index is 1.42. The van der Waals surface area contributed by atoms with Crippen LogP contribution in [0.25, 0.3) is 0 Å². The Labute approximate surface area is 234 Å². The van der Waals surface area contributed by atoms with Gasteiger partial charge in [-0.1, -0.05) is 36.4 Å². The molecule has 204 valence electrons. The van der Waals surface area contributed by atoms with Crippen LogP contribution in [0.15, 0.2) is 92.2 Å². The third-order valence-electron chi connectivity index (χ3n) is 6.20. The lowest BCUT2D eigenvalue weighted by Gasteiger charge is -2.38. The fourth-order valence-corrected chi connectivity index (χ4v) is 7.68. The van der Waals surface area contributed by atoms with E-state index in [4.69, 9.17) is 9.47 Å². The van der Waals surface area contributed by atoms with Crippen molar-refractivity contribution in [1.29, 1.82) is 0 Å². The topological polar surface area (TPSA) is 135 Å². The van der Waals surface area contributed by atoms with Crippen molar-refractivity contribution < 1.29 is 31.1 Å². The smallest absolute Gasteiger partial charge is 0.259 e. The molecule has 0 aromatic heterocycles. The lowest BCUT2D eigenvalue weighted by molar-refractivity contribution is -0.125. The minimum atomic E-state index is -4.12. The number of carbonyl (C=O) groups is 1. The van der Waals surface area contributed by atoms with Gasteiger partial charge in [0.1, 0.15) is 6.04 Å². The Morgan fingerprint density at radius 3 is 2.13 bits per heavy atom. The van der Waals surface area contributed by atoms with E-state index >= 15 is 0 Å². The number of hydrogen-bond acceptors (Lipinski definition) is 8. The average Bonchev–Trinajstić information content (AvgIpc) is 3.40. The maximum atomic E-state index is 13.5. The first kappa shape index (κ1) is 27.3. The molecule has 3 aromatic rings. The van der Waals surface area contributed by atoms with Crippen LogP contribution in [0.1, 0.15) is 5.56 Å². The van der Waals surface area contributed by atoms with Crippen LogP contribution in [0.5, 0.6) is 11.5 Å². The molecule has 2 aliphatic rings. The zero-order valence-electron chi connectivity index (χ0n) is 20.3. The Bertz CT molecular complexity index is 1620. The third-order valence-corrected chi connectivity index (χ3v) is 10.7. The van der Waals surface area contributed by atoms with Gasteiger partial charge in [0.05, 0.1) is 16.0 Å². The van der Waals surface area contributed by atoms with Gasteiger partial charge >= 0.3 is 0 Å². The van der Waals surface area contributed by atoms with Gasteiger partial charge in [-0.05, 0) is 52.3 Å². The van der Waals surface area contributed by atoms with Gasteiger partial charge in [0.2, 0.25) is 26.8 Å². The lowest BCUT2D eigenvalue weighted by Crippen LogP contribution is -2.60. The first-order chi connectivity index (χ1) is 18.7. The van der Waals surface area contributed by atoms with Crippen molar-refractivity contribution in [3.63, 3.8) is 0 Å². The number of nitrogens with zero attached hydrogens (tertiary/aromatic N) is 3. The van der Waals surface area contributed by atoms with Crippen molar-refractivity contribution in [3.8, 4) is 11.5 Å². The van der Waals surface area contributed by atoms with Gasteiger partial charge < -0.3 is 9.47 Å². The first-order valence-electron chi connectivity index (χ1n) is 11.7. The summed E-state index contributed by atoms with van der Waals surface area (Å²) in [5.74, 6) is 0.294. The number of halogens is 1. The van der Waals surface area contributed by atoms with Crippen molar-refractivity contribution in [1.82, 2.24) is 14.0 Å². The highest BCUT2D eigenvalue weighted by atomic mass is 79.9. The number of piperazine rings is 1. The van der Waals surface area contributed by atoms with Gasteiger partial charge in [-0.3, -0.25) is 4.79 Å². The van der Waals surface area contributed by atoms with Crippen LogP contribution < -0.4 is 14.9 Å². The maximum absolute atomic E-state index is 13.5. The summed E-state index contributed by atoms with van der Waals surface area (Å²) < 4.78 is 67.0. The minimum absolute atomic E-state index is 0.00467. The summed E-state index contributed by atoms with van der Waals surface area (Å²) in [4.78, 5) is 13.4. The van der Waals surface area contributed by atoms with E-state index in [9.17, 15) is 21.6 Å². The number of hydrogen-bond donors (Lipinski definition) is 1. The van der Waals surface area contributed by atoms with Crippen molar-refractivity contribution in [2.24, 2.45) is 5.10 Å². The van der Waals surface area contributed by atoms with Crippen molar-refractivity contribution >= 4 is 48.1 Å². The van der Waals surface area contributed by atoms with Crippen LogP contribution in [0.4, 0.5) is 0 Å². The van der Waals surface area contributed by atoms with Gasteiger partial charge in [0, 0.05) is 29.7 Å². The predicted molar refractivity (Wildman–Crippen MR) is 145 cm³/mol. The minimum Gasteiger partial charge on any atom is -0.454 e. The zero-order chi connectivity index (χ0) is 27.6. The van der Waals surface area contributed by atoms with E-state index in [1.165, 1.54) is 30.5 Å². The molecule has 0 saturated carbocycles. The van der Waals surface area contributed by atoms with Crippen LogP contribution in [0.2, 0.25) is 0 Å². The molecule has 0 radical (unpaired) electrons. The SMILES string of the molecule is O=C(N/N=C\c1cc2c(cc1Br)OCO2)[C@@H]1CN(S(=O)(=O)c2ccccc2)CCN1S(=O)(=O)c1ccccc1. The summed E-state index contributed by atoms with van der Waals surface area (Å²) in [7, 11) is -8.09. The molecule has 11 nitrogen and oxygen atoms in total. The van der Waals surface area contributed by atoms with Crippen molar-refractivity contribution in [2.75, 3.05) is 26.4 Å². The van der Waals surface area contributed by atoms with Crippen LogP contribution in [-0.4, -0.2) is 70.0 Å². The molecule has 1 saturated heterocycles. The largest absolute Gasteiger partial charge is 0.454 e.